The average Bonchev–Trinajstić information content (AvgIpc) is 2.83. The van der Waals surface area contributed by atoms with Gasteiger partial charge in [-0.2, -0.15) is 5.10 Å². The summed E-state index contributed by atoms with van der Waals surface area (Å²) in [7, 11) is 1.89. The summed E-state index contributed by atoms with van der Waals surface area (Å²) in [6, 6.07) is 0.184. The van der Waals surface area contributed by atoms with Crippen LogP contribution in [0.25, 0.3) is 0 Å². The lowest BCUT2D eigenvalue weighted by Crippen LogP contribution is -2.63. The topological polar surface area (TPSA) is 83.8 Å². The molecule has 0 aliphatic carbocycles. The van der Waals surface area contributed by atoms with E-state index in [9.17, 15) is 4.79 Å². The zero-order valence-electron chi connectivity index (χ0n) is 15.6. The number of likely N-dealkylation sites (tertiary alicyclic amines) is 1. The molecular weight excluding hydrogens is 435 g/mol. The zero-order valence-corrected chi connectivity index (χ0v) is 17.9. The summed E-state index contributed by atoms with van der Waals surface area (Å²) in [6.45, 7) is 10.2. The van der Waals surface area contributed by atoms with Crippen molar-refractivity contribution in [2.45, 2.75) is 45.9 Å². The van der Waals surface area contributed by atoms with E-state index in [0.717, 1.165) is 18.1 Å². The van der Waals surface area contributed by atoms with E-state index in [1.807, 2.05) is 40.9 Å². The Morgan fingerprint density at radius 3 is 2.64 bits per heavy atom. The summed E-state index contributed by atoms with van der Waals surface area (Å²) >= 11 is 0. The summed E-state index contributed by atoms with van der Waals surface area (Å²) in [5.74, 6) is 0.746. The molecule has 1 amide bonds. The molecule has 25 heavy (non-hydrogen) atoms. The summed E-state index contributed by atoms with van der Waals surface area (Å²) in [5.41, 5.74) is 0.592. The number of halogens is 1. The number of carbonyl (C=O) groups is 1. The Hall–Kier alpha value is -1.52. The summed E-state index contributed by atoms with van der Waals surface area (Å²) in [6.07, 6.45) is 3.49. The second-order valence-electron chi connectivity index (χ2n) is 6.94. The molecule has 1 aliphatic heterocycles. The van der Waals surface area contributed by atoms with Gasteiger partial charge < -0.3 is 20.3 Å². The molecule has 0 saturated carbocycles. The van der Waals surface area contributed by atoms with Crippen LogP contribution in [0.1, 0.15) is 33.3 Å². The van der Waals surface area contributed by atoms with Gasteiger partial charge in [-0.05, 0) is 27.7 Å². The molecule has 0 spiro atoms. The summed E-state index contributed by atoms with van der Waals surface area (Å²) in [4.78, 5) is 18.2. The zero-order chi connectivity index (χ0) is 17.7. The Balaban J connectivity index is 0.00000312. The maximum absolute atomic E-state index is 11.9. The van der Waals surface area contributed by atoms with Gasteiger partial charge in [-0.1, -0.05) is 0 Å². The smallest absolute Gasteiger partial charge is 0.410 e. The molecule has 0 bridgehead atoms. The molecule has 9 heteroatoms. The lowest BCUT2D eigenvalue weighted by molar-refractivity contribution is 0.00701. The fourth-order valence-electron chi connectivity index (χ4n) is 2.28. The van der Waals surface area contributed by atoms with Crippen LogP contribution in [0.3, 0.4) is 0 Å². The van der Waals surface area contributed by atoms with Gasteiger partial charge in [-0.25, -0.2) is 9.79 Å². The lowest BCUT2D eigenvalue weighted by atomic mass is 10.1. The van der Waals surface area contributed by atoms with E-state index in [0.29, 0.717) is 19.6 Å². The largest absolute Gasteiger partial charge is 0.444 e. The Bertz CT molecular complexity index is 590. The van der Waals surface area contributed by atoms with Gasteiger partial charge in [0.15, 0.2) is 5.96 Å². The van der Waals surface area contributed by atoms with Gasteiger partial charge in [0.05, 0.1) is 18.8 Å². The molecule has 2 rings (SSSR count). The number of rotatable bonds is 4. The number of aromatic nitrogens is 2. The molecule has 2 N–H and O–H groups in total. The highest BCUT2D eigenvalue weighted by Gasteiger charge is 2.34. The van der Waals surface area contributed by atoms with Crippen molar-refractivity contribution in [2.75, 3.05) is 19.6 Å². The SMILES string of the molecule is CCNC(=NCc1cnn(C)c1)NC1CN(C(=O)OC(C)(C)C)C1.I. The third kappa shape index (κ3) is 7.09. The Morgan fingerprint density at radius 1 is 1.44 bits per heavy atom. The molecule has 1 aromatic heterocycles. The number of carbonyl (C=O) groups excluding carboxylic acids is 1. The third-order valence-corrected chi connectivity index (χ3v) is 3.40. The van der Waals surface area contributed by atoms with Gasteiger partial charge in [-0.15, -0.1) is 24.0 Å². The average molecular weight is 464 g/mol. The molecule has 1 fully saturated rings. The first-order valence-electron chi connectivity index (χ1n) is 8.27. The highest BCUT2D eigenvalue weighted by atomic mass is 127. The molecule has 8 nitrogen and oxygen atoms in total. The highest BCUT2D eigenvalue weighted by molar-refractivity contribution is 14.0. The van der Waals surface area contributed by atoms with Crippen molar-refractivity contribution in [2.24, 2.45) is 12.0 Å². The number of ether oxygens (including phenoxy) is 1. The monoisotopic (exact) mass is 464 g/mol. The van der Waals surface area contributed by atoms with Crippen LogP contribution in [-0.2, 0) is 18.3 Å². The van der Waals surface area contributed by atoms with Gasteiger partial charge in [-0.3, -0.25) is 4.68 Å². The van der Waals surface area contributed by atoms with Crippen molar-refractivity contribution in [1.29, 1.82) is 0 Å². The number of aliphatic imine (C=N–C) groups is 1. The van der Waals surface area contributed by atoms with Crippen molar-refractivity contribution >= 4 is 36.0 Å². The maximum Gasteiger partial charge on any atom is 0.410 e. The first-order valence-corrected chi connectivity index (χ1v) is 8.27. The van der Waals surface area contributed by atoms with Crippen LogP contribution in [-0.4, -0.2) is 58.0 Å². The molecule has 0 atom stereocenters. The van der Waals surface area contributed by atoms with Gasteiger partial charge in [0, 0.05) is 38.4 Å². The van der Waals surface area contributed by atoms with Crippen LogP contribution in [0, 0.1) is 0 Å². The van der Waals surface area contributed by atoms with E-state index in [-0.39, 0.29) is 36.1 Å². The number of aryl methyl sites for hydroxylation is 1. The standard InChI is InChI=1S/C16H28N6O2.HI/c1-6-17-14(18-7-12-8-19-21(5)9-12)20-13-10-22(11-13)15(23)24-16(2,3)4;/h8-9,13H,6-7,10-11H2,1-5H3,(H2,17,18,20);1H. The van der Waals surface area contributed by atoms with Crippen molar-refractivity contribution in [3.05, 3.63) is 18.0 Å². The first-order chi connectivity index (χ1) is 11.3. The van der Waals surface area contributed by atoms with E-state index < -0.39 is 5.60 Å². The molecule has 1 aliphatic rings. The van der Waals surface area contributed by atoms with Crippen LogP contribution in [0.15, 0.2) is 17.4 Å². The molecular formula is C16H29IN6O2. The van der Waals surface area contributed by atoms with E-state index in [2.05, 4.69) is 20.7 Å². The van der Waals surface area contributed by atoms with E-state index in [4.69, 9.17) is 4.74 Å². The fourth-order valence-corrected chi connectivity index (χ4v) is 2.28. The number of nitrogens with one attached hydrogen (secondary N) is 2. The number of hydrogen-bond acceptors (Lipinski definition) is 4. The fraction of sp³-hybridized carbons (Fsp3) is 0.688. The normalized spacial score (nSPS) is 15.2. The highest BCUT2D eigenvalue weighted by Crippen LogP contribution is 2.15. The van der Waals surface area contributed by atoms with E-state index in [1.54, 1.807) is 15.8 Å². The van der Waals surface area contributed by atoms with Crippen LogP contribution in [0.4, 0.5) is 4.79 Å². The minimum atomic E-state index is -0.463. The molecule has 1 aromatic rings. The van der Waals surface area contributed by atoms with Gasteiger partial charge in [0.25, 0.3) is 0 Å². The van der Waals surface area contributed by atoms with Crippen LogP contribution in [0.2, 0.25) is 0 Å². The predicted molar refractivity (Wildman–Crippen MR) is 108 cm³/mol. The van der Waals surface area contributed by atoms with Crippen LogP contribution >= 0.6 is 24.0 Å². The van der Waals surface area contributed by atoms with Crippen molar-refractivity contribution in [3.8, 4) is 0 Å². The third-order valence-electron chi connectivity index (χ3n) is 3.40. The Morgan fingerprint density at radius 2 is 2.12 bits per heavy atom. The second-order valence-corrected chi connectivity index (χ2v) is 6.94. The van der Waals surface area contributed by atoms with Crippen molar-refractivity contribution in [1.82, 2.24) is 25.3 Å². The van der Waals surface area contributed by atoms with Crippen molar-refractivity contribution in [3.63, 3.8) is 0 Å². The van der Waals surface area contributed by atoms with E-state index >= 15 is 0 Å². The molecule has 0 radical (unpaired) electrons. The minimum Gasteiger partial charge on any atom is -0.444 e. The second kappa shape index (κ2) is 9.25. The molecule has 0 unspecified atom stereocenters. The summed E-state index contributed by atoms with van der Waals surface area (Å²) < 4.78 is 7.11. The van der Waals surface area contributed by atoms with Gasteiger partial charge in [0.1, 0.15) is 5.60 Å². The quantitative estimate of drug-likeness (QED) is 0.403. The number of nitrogens with zero attached hydrogens (tertiary/aromatic N) is 4. The van der Waals surface area contributed by atoms with Crippen LogP contribution in [0.5, 0.6) is 0 Å². The lowest BCUT2D eigenvalue weighted by Gasteiger charge is -2.40. The first kappa shape index (κ1) is 21.5. The van der Waals surface area contributed by atoms with Crippen LogP contribution < -0.4 is 10.6 Å². The number of amides is 1. The molecule has 0 aromatic carbocycles. The van der Waals surface area contributed by atoms with E-state index in [1.165, 1.54) is 0 Å². The number of guanidine groups is 1. The van der Waals surface area contributed by atoms with Gasteiger partial charge >= 0.3 is 6.09 Å². The molecule has 2 heterocycles. The molecule has 1 saturated heterocycles. The Kier molecular flexibility index (Phi) is 7.97. The predicted octanol–water partition coefficient (Wildman–Crippen LogP) is 1.71. The summed E-state index contributed by atoms with van der Waals surface area (Å²) in [5, 5.41) is 10.7. The van der Waals surface area contributed by atoms with Gasteiger partial charge in [0.2, 0.25) is 0 Å². The van der Waals surface area contributed by atoms with Crippen molar-refractivity contribution < 1.29 is 9.53 Å². The number of hydrogen-bond donors (Lipinski definition) is 2. The molecule has 142 valence electrons. The minimum absolute atomic E-state index is 0. The Labute approximate surface area is 166 Å². The maximum atomic E-state index is 11.9.